The number of hydrogen-bond acceptors (Lipinski definition) is 6. The summed E-state index contributed by atoms with van der Waals surface area (Å²) in [6.07, 6.45) is -0.0756. The van der Waals surface area contributed by atoms with Crippen LogP contribution in [0.5, 0.6) is 0 Å². The second-order valence-electron chi connectivity index (χ2n) is 10.4. The number of hydrogen-bond donors (Lipinski definition) is 2. The minimum absolute atomic E-state index is 0.146. The number of rotatable bonds is 6. The lowest BCUT2D eigenvalue weighted by Gasteiger charge is -2.32. The predicted octanol–water partition coefficient (Wildman–Crippen LogP) is 1.96. The first-order valence-corrected chi connectivity index (χ1v) is 11.8. The summed E-state index contributed by atoms with van der Waals surface area (Å²) >= 11 is 0. The highest BCUT2D eigenvalue weighted by Crippen LogP contribution is 2.28. The Balaban J connectivity index is 1.66. The summed E-state index contributed by atoms with van der Waals surface area (Å²) in [4.78, 5) is 64.8. The zero-order valence-corrected chi connectivity index (χ0v) is 21.1. The Hall–Kier alpha value is -3.43. The van der Waals surface area contributed by atoms with Crippen molar-refractivity contribution in [3.8, 4) is 0 Å². The Morgan fingerprint density at radius 1 is 1.23 bits per heavy atom. The van der Waals surface area contributed by atoms with Gasteiger partial charge in [0.25, 0.3) is 5.91 Å². The molecule has 1 saturated heterocycles. The molecule has 2 aliphatic rings. The second kappa shape index (κ2) is 10.1. The molecule has 10 heteroatoms. The molecule has 2 aliphatic heterocycles. The van der Waals surface area contributed by atoms with E-state index in [1.54, 1.807) is 40.0 Å². The molecule has 0 radical (unpaired) electrons. The van der Waals surface area contributed by atoms with Crippen molar-refractivity contribution in [2.24, 2.45) is 5.92 Å². The Kier molecular flexibility index (Phi) is 7.52. The van der Waals surface area contributed by atoms with Crippen LogP contribution < -0.4 is 10.6 Å². The quantitative estimate of drug-likeness (QED) is 0.592. The van der Waals surface area contributed by atoms with Crippen LogP contribution in [0, 0.1) is 5.92 Å². The van der Waals surface area contributed by atoms with Gasteiger partial charge < -0.3 is 15.0 Å². The first kappa shape index (κ1) is 26.2. The molecule has 190 valence electrons. The molecule has 2 atom stereocenters. The van der Waals surface area contributed by atoms with Gasteiger partial charge in [-0.3, -0.25) is 29.4 Å². The smallest absolute Gasteiger partial charge is 0.410 e. The van der Waals surface area contributed by atoms with Gasteiger partial charge in [0.2, 0.25) is 17.7 Å². The molecular formula is C25H34N4O6. The largest absolute Gasteiger partial charge is 0.444 e. The molecule has 1 aromatic rings. The van der Waals surface area contributed by atoms with Crippen LogP contribution in [-0.2, 0) is 32.2 Å². The molecule has 1 aromatic carbocycles. The number of fused-ring (bicyclic) bond motifs is 1. The normalized spacial score (nSPS) is 18.8. The first-order valence-electron chi connectivity index (χ1n) is 11.8. The third-order valence-electron chi connectivity index (χ3n) is 6.05. The third kappa shape index (κ3) is 5.98. The van der Waals surface area contributed by atoms with Gasteiger partial charge in [0.05, 0.1) is 0 Å². The van der Waals surface area contributed by atoms with Crippen molar-refractivity contribution < 1.29 is 28.7 Å². The van der Waals surface area contributed by atoms with Crippen LogP contribution in [0.3, 0.4) is 0 Å². The number of amides is 5. The van der Waals surface area contributed by atoms with Crippen molar-refractivity contribution in [1.29, 1.82) is 0 Å². The minimum atomic E-state index is -0.719. The summed E-state index contributed by atoms with van der Waals surface area (Å²) in [5, 5.41) is 5.17. The van der Waals surface area contributed by atoms with Crippen molar-refractivity contribution in [2.75, 3.05) is 7.05 Å². The molecule has 5 amide bonds. The summed E-state index contributed by atoms with van der Waals surface area (Å²) in [6, 6.07) is 3.89. The van der Waals surface area contributed by atoms with E-state index in [0.717, 1.165) is 11.1 Å². The summed E-state index contributed by atoms with van der Waals surface area (Å²) in [7, 11) is 1.54. The SMILES string of the molecule is CC(C)[C@@H](C(=O)NCc1ccc2c(c1)CN(C1CCC(=O)NC1=O)C2=O)N(C)C(=O)OC(C)(C)C. The highest BCUT2D eigenvalue weighted by Gasteiger charge is 2.39. The number of carbonyl (C=O) groups is 5. The predicted molar refractivity (Wildman–Crippen MR) is 127 cm³/mol. The van der Waals surface area contributed by atoms with Crippen molar-refractivity contribution in [3.63, 3.8) is 0 Å². The van der Waals surface area contributed by atoms with E-state index in [0.29, 0.717) is 12.0 Å². The lowest BCUT2D eigenvalue weighted by molar-refractivity contribution is -0.137. The maximum absolute atomic E-state index is 13.0. The van der Waals surface area contributed by atoms with E-state index >= 15 is 0 Å². The Morgan fingerprint density at radius 3 is 2.51 bits per heavy atom. The van der Waals surface area contributed by atoms with Crippen LogP contribution in [0.25, 0.3) is 0 Å². The number of nitrogens with zero attached hydrogens (tertiary/aromatic N) is 2. The van der Waals surface area contributed by atoms with E-state index in [1.807, 2.05) is 19.9 Å². The fourth-order valence-electron chi connectivity index (χ4n) is 4.40. The number of carbonyl (C=O) groups excluding carboxylic acids is 5. The molecule has 35 heavy (non-hydrogen) atoms. The molecule has 0 bridgehead atoms. The molecular weight excluding hydrogens is 452 g/mol. The van der Waals surface area contributed by atoms with E-state index in [1.165, 1.54) is 9.80 Å². The maximum atomic E-state index is 13.0. The molecule has 3 rings (SSSR count). The van der Waals surface area contributed by atoms with Gasteiger partial charge in [-0.05, 0) is 50.3 Å². The number of ether oxygens (including phenoxy) is 1. The van der Waals surface area contributed by atoms with Crippen molar-refractivity contribution >= 4 is 29.7 Å². The standard InChI is InChI=1S/C25H34N4O6/c1-14(2)20(28(6)24(34)35-25(3,4)5)22(32)26-12-15-7-8-17-16(11-15)13-29(23(17)33)18-9-10-19(30)27-21(18)31/h7-8,11,14,18,20H,9-10,12-13H2,1-6H3,(H,26,32)(H,27,30,31)/t18?,20-/m0/s1. The van der Waals surface area contributed by atoms with Gasteiger partial charge in [-0.2, -0.15) is 0 Å². The van der Waals surface area contributed by atoms with Gasteiger partial charge in [0, 0.05) is 32.1 Å². The summed E-state index contributed by atoms with van der Waals surface area (Å²) in [6.45, 7) is 9.49. The number of likely N-dealkylation sites (N-methyl/N-ethyl adjacent to an activating group) is 1. The van der Waals surface area contributed by atoms with Crippen LogP contribution in [0.2, 0.25) is 0 Å². The van der Waals surface area contributed by atoms with Gasteiger partial charge in [0.15, 0.2) is 0 Å². The highest BCUT2D eigenvalue weighted by molar-refractivity contribution is 6.05. The lowest BCUT2D eigenvalue weighted by atomic mass is 10.0. The Morgan fingerprint density at radius 2 is 1.91 bits per heavy atom. The van der Waals surface area contributed by atoms with Gasteiger partial charge in [-0.15, -0.1) is 0 Å². The fraction of sp³-hybridized carbons (Fsp3) is 0.560. The first-order chi connectivity index (χ1) is 16.3. The van der Waals surface area contributed by atoms with E-state index in [4.69, 9.17) is 4.74 Å². The Labute approximate surface area is 205 Å². The summed E-state index contributed by atoms with van der Waals surface area (Å²) in [5.41, 5.74) is 1.39. The molecule has 1 unspecified atom stereocenters. The van der Waals surface area contributed by atoms with Crippen LogP contribution >= 0.6 is 0 Å². The molecule has 0 saturated carbocycles. The maximum Gasteiger partial charge on any atom is 0.410 e. The van der Waals surface area contributed by atoms with Crippen molar-refractivity contribution in [3.05, 3.63) is 34.9 Å². The van der Waals surface area contributed by atoms with Crippen LogP contribution in [0.1, 0.15) is 68.9 Å². The monoisotopic (exact) mass is 486 g/mol. The summed E-state index contributed by atoms with van der Waals surface area (Å²) in [5.74, 6) is -1.49. The van der Waals surface area contributed by atoms with E-state index in [9.17, 15) is 24.0 Å². The zero-order chi connectivity index (χ0) is 26.1. The molecule has 1 fully saturated rings. The molecule has 0 spiro atoms. The van der Waals surface area contributed by atoms with Crippen molar-refractivity contribution in [2.45, 2.75) is 78.2 Å². The molecule has 0 aliphatic carbocycles. The number of nitrogens with one attached hydrogen (secondary N) is 2. The van der Waals surface area contributed by atoms with Crippen LogP contribution in [-0.4, -0.2) is 64.3 Å². The molecule has 10 nitrogen and oxygen atoms in total. The lowest BCUT2D eigenvalue weighted by Crippen LogP contribution is -2.52. The topological polar surface area (TPSA) is 125 Å². The minimum Gasteiger partial charge on any atom is -0.444 e. The second-order valence-corrected chi connectivity index (χ2v) is 10.4. The fourth-order valence-corrected chi connectivity index (χ4v) is 4.40. The van der Waals surface area contributed by atoms with Crippen molar-refractivity contribution in [1.82, 2.24) is 20.4 Å². The highest BCUT2D eigenvalue weighted by atomic mass is 16.6. The average Bonchev–Trinajstić information content (AvgIpc) is 3.06. The number of piperidine rings is 1. The zero-order valence-electron chi connectivity index (χ0n) is 21.1. The van der Waals surface area contributed by atoms with Crippen LogP contribution in [0.15, 0.2) is 18.2 Å². The van der Waals surface area contributed by atoms with Gasteiger partial charge in [-0.1, -0.05) is 26.0 Å². The molecule has 2 N–H and O–H groups in total. The van der Waals surface area contributed by atoms with E-state index in [-0.39, 0.29) is 43.1 Å². The summed E-state index contributed by atoms with van der Waals surface area (Å²) < 4.78 is 5.40. The average molecular weight is 487 g/mol. The van der Waals surface area contributed by atoms with Crippen LogP contribution in [0.4, 0.5) is 4.79 Å². The number of imide groups is 1. The van der Waals surface area contributed by atoms with Gasteiger partial charge in [0.1, 0.15) is 17.7 Å². The Bertz CT molecular complexity index is 1040. The van der Waals surface area contributed by atoms with E-state index in [2.05, 4.69) is 10.6 Å². The third-order valence-corrected chi connectivity index (χ3v) is 6.05. The molecule has 0 aromatic heterocycles. The van der Waals surface area contributed by atoms with Gasteiger partial charge >= 0.3 is 6.09 Å². The van der Waals surface area contributed by atoms with E-state index < -0.39 is 29.7 Å². The number of benzene rings is 1. The van der Waals surface area contributed by atoms with Gasteiger partial charge in [-0.25, -0.2) is 4.79 Å². The molecule has 2 heterocycles.